The van der Waals surface area contributed by atoms with Gasteiger partial charge in [0.25, 0.3) is 15.9 Å². The van der Waals surface area contributed by atoms with Crippen molar-refractivity contribution in [1.82, 2.24) is 0 Å². The Kier molecular flexibility index (Phi) is 6.91. The summed E-state index contributed by atoms with van der Waals surface area (Å²) in [4.78, 5) is 12.2. The van der Waals surface area contributed by atoms with E-state index < -0.39 is 15.8 Å². The maximum atomic E-state index is 13.7. The van der Waals surface area contributed by atoms with Gasteiger partial charge >= 0.3 is 0 Å². The van der Waals surface area contributed by atoms with Crippen molar-refractivity contribution < 1.29 is 22.3 Å². The number of anilines is 2. The minimum absolute atomic E-state index is 0.0594. The van der Waals surface area contributed by atoms with Gasteiger partial charge in [-0.1, -0.05) is 44.2 Å². The topological polar surface area (TPSA) is 84.5 Å². The van der Waals surface area contributed by atoms with E-state index in [9.17, 15) is 17.6 Å². The number of halogens is 1. The highest BCUT2D eigenvalue weighted by Gasteiger charge is 2.16. The minimum Gasteiger partial charge on any atom is -0.483 e. The molecule has 0 aliphatic rings. The Balaban J connectivity index is 1.61. The van der Waals surface area contributed by atoms with Crippen molar-refractivity contribution in [3.63, 3.8) is 0 Å². The molecule has 8 heteroatoms. The first-order chi connectivity index (χ1) is 14.8. The molecule has 0 fully saturated rings. The summed E-state index contributed by atoms with van der Waals surface area (Å²) in [5.74, 6) is -0.146. The molecule has 0 unspecified atom stereocenters. The first kappa shape index (κ1) is 22.3. The quantitative estimate of drug-likeness (QED) is 0.526. The predicted octanol–water partition coefficient (Wildman–Crippen LogP) is 4.77. The molecule has 3 rings (SSSR count). The summed E-state index contributed by atoms with van der Waals surface area (Å²) in [5.41, 5.74) is 1.28. The highest BCUT2D eigenvalue weighted by atomic mass is 32.2. The zero-order chi connectivity index (χ0) is 22.4. The Labute approximate surface area is 181 Å². The van der Waals surface area contributed by atoms with Crippen molar-refractivity contribution in [3.05, 3.63) is 84.2 Å². The molecule has 6 nitrogen and oxygen atoms in total. The molecule has 0 saturated carbocycles. The fourth-order valence-electron chi connectivity index (χ4n) is 2.89. The van der Waals surface area contributed by atoms with Crippen LogP contribution in [0.1, 0.15) is 25.3 Å². The standard InChI is InChI=1S/C23H23FN2O4S/c1-16(2)19-7-3-6-10-22(19)30-15-23(27)25-17-11-13-18(14-12-17)31(28,29)26-21-9-5-4-8-20(21)24/h3-14,16,26H,15H2,1-2H3,(H,25,27). The molecule has 0 aliphatic heterocycles. The lowest BCUT2D eigenvalue weighted by Gasteiger charge is -2.14. The molecular formula is C23H23FN2O4S. The van der Waals surface area contributed by atoms with Crippen LogP contribution in [0.5, 0.6) is 5.75 Å². The number of rotatable bonds is 8. The first-order valence-corrected chi connectivity index (χ1v) is 11.1. The van der Waals surface area contributed by atoms with Gasteiger partial charge in [0, 0.05) is 5.69 Å². The zero-order valence-corrected chi connectivity index (χ0v) is 17.9. The number of hydrogen-bond donors (Lipinski definition) is 2. The average molecular weight is 443 g/mol. The van der Waals surface area contributed by atoms with Gasteiger partial charge < -0.3 is 10.1 Å². The molecule has 1 amide bonds. The third-order valence-corrected chi connectivity index (χ3v) is 5.85. The summed E-state index contributed by atoms with van der Waals surface area (Å²) < 4.78 is 46.5. The minimum atomic E-state index is -3.97. The van der Waals surface area contributed by atoms with Gasteiger partial charge in [-0.2, -0.15) is 0 Å². The summed E-state index contributed by atoms with van der Waals surface area (Å²) in [5, 5.41) is 2.66. The summed E-state index contributed by atoms with van der Waals surface area (Å²) in [6.07, 6.45) is 0. The van der Waals surface area contributed by atoms with Gasteiger partial charge in [-0.25, -0.2) is 12.8 Å². The maximum Gasteiger partial charge on any atom is 0.262 e. The normalized spacial score (nSPS) is 11.2. The van der Waals surface area contributed by atoms with Crippen LogP contribution >= 0.6 is 0 Å². The number of nitrogens with one attached hydrogen (secondary N) is 2. The van der Waals surface area contributed by atoms with Crippen molar-refractivity contribution in [2.24, 2.45) is 0 Å². The predicted molar refractivity (Wildman–Crippen MR) is 118 cm³/mol. The van der Waals surface area contributed by atoms with E-state index in [2.05, 4.69) is 10.0 Å². The molecule has 31 heavy (non-hydrogen) atoms. The molecule has 2 N–H and O–H groups in total. The van der Waals surface area contributed by atoms with Gasteiger partial charge in [-0.3, -0.25) is 9.52 Å². The Hall–Kier alpha value is -3.39. The van der Waals surface area contributed by atoms with E-state index in [0.29, 0.717) is 11.4 Å². The third kappa shape index (κ3) is 5.82. The lowest BCUT2D eigenvalue weighted by Crippen LogP contribution is -2.20. The van der Waals surface area contributed by atoms with Crippen molar-refractivity contribution in [2.75, 3.05) is 16.6 Å². The van der Waals surface area contributed by atoms with Crippen molar-refractivity contribution >= 4 is 27.3 Å². The summed E-state index contributed by atoms with van der Waals surface area (Å²) >= 11 is 0. The highest BCUT2D eigenvalue weighted by Crippen LogP contribution is 2.26. The molecule has 0 radical (unpaired) electrons. The summed E-state index contributed by atoms with van der Waals surface area (Å²) in [6, 6.07) is 18.6. The van der Waals surface area contributed by atoms with Crippen LogP contribution in [0.4, 0.5) is 15.8 Å². The number of ether oxygens (including phenoxy) is 1. The number of amides is 1. The molecule has 0 aliphatic carbocycles. The van der Waals surface area contributed by atoms with Crippen LogP contribution in [0.3, 0.4) is 0 Å². The number of carbonyl (C=O) groups is 1. The molecule has 0 bridgehead atoms. The van der Waals surface area contributed by atoms with Gasteiger partial charge in [-0.15, -0.1) is 0 Å². The van der Waals surface area contributed by atoms with Gasteiger partial charge in [-0.05, 0) is 53.9 Å². The SMILES string of the molecule is CC(C)c1ccccc1OCC(=O)Nc1ccc(S(=O)(=O)Nc2ccccc2F)cc1. The van der Waals surface area contributed by atoms with E-state index in [4.69, 9.17) is 4.74 Å². The Morgan fingerprint density at radius 2 is 1.61 bits per heavy atom. The fraction of sp³-hybridized carbons (Fsp3) is 0.174. The third-order valence-electron chi connectivity index (χ3n) is 4.47. The van der Waals surface area contributed by atoms with E-state index in [-0.39, 0.29) is 29.0 Å². The number of hydrogen-bond acceptors (Lipinski definition) is 4. The van der Waals surface area contributed by atoms with Gasteiger partial charge in [0.15, 0.2) is 6.61 Å². The number of para-hydroxylation sites is 2. The fourth-order valence-corrected chi connectivity index (χ4v) is 3.96. The highest BCUT2D eigenvalue weighted by molar-refractivity contribution is 7.92. The first-order valence-electron chi connectivity index (χ1n) is 9.65. The van der Waals surface area contributed by atoms with Crippen LogP contribution in [0.2, 0.25) is 0 Å². The van der Waals surface area contributed by atoms with Gasteiger partial charge in [0.1, 0.15) is 11.6 Å². The van der Waals surface area contributed by atoms with Crippen LogP contribution < -0.4 is 14.8 Å². The second kappa shape index (κ2) is 9.61. The van der Waals surface area contributed by atoms with Crippen molar-refractivity contribution in [3.8, 4) is 5.75 Å². The van der Waals surface area contributed by atoms with Crippen LogP contribution in [0.15, 0.2) is 77.7 Å². The van der Waals surface area contributed by atoms with E-state index >= 15 is 0 Å². The number of carbonyl (C=O) groups excluding carboxylic acids is 1. The largest absolute Gasteiger partial charge is 0.483 e. The average Bonchev–Trinajstić information content (AvgIpc) is 2.74. The molecule has 3 aromatic carbocycles. The lowest BCUT2D eigenvalue weighted by atomic mass is 10.0. The molecule has 0 atom stereocenters. The molecule has 0 saturated heterocycles. The van der Waals surface area contributed by atoms with E-state index in [0.717, 1.165) is 11.6 Å². The van der Waals surface area contributed by atoms with Crippen LogP contribution in [-0.4, -0.2) is 20.9 Å². The molecular weight excluding hydrogens is 419 g/mol. The second-order valence-electron chi connectivity index (χ2n) is 7.14. The molecule has 162 valence electrons. The second-order valence-corrected chi connectivity index (χ2v) is 8.82. The van der Waals surface area contributed by atoms with E-state index in [1.54, 1.807) is 0 Å². The van der Waals surface area contributed by atoms with Crippen molar-refractivity contribution in [2.45, 2.75) is 24.7 Å². The smallest absolute Gasteiger partial charge is 0.262 e. The van der Waals surface area contributed by atoms with Crippen molar-refractivity contribution in [1.29, 1.82) is 0 Å². The molecule has 0 heterocycles. The molecule has 0 aromatic heterocycles. The Morgan fingerprint density at radius 3 is 2.29 bits per heavy atom. The lowest BCUT2D eigenvalue weighted by molar-refractivity contribution is -0.118. The van der Waals surface area contributed by atoms with Crippen LogP contribution in [-0.2, 0) is 14.8 Å². The Bertz CT molecular complexity index is 1160. The summed E-state index contributed by atoms with van der Waals surface area (Å²) in [7, 11) is -3.97. The van der Waals surface area contributed by atoms with Crippen LogP contribution in [0.25, 0.3) is 0 Å². The maximum absolute atomic E-state index is 13.7. The monoisotopic (exact) mass is 442 g/mol. The zero-order valence-electron chi connectivity index (χ0n) is 17.1. The number of sulfonamides is 1. The van der Waals surface area contributed by atoms with Gasteiger partial charge in [0.2, 0.25) is 0 Å². The summed E-state index contributed by atoms with van der Waals surface area (Å²) in [6.45, 7) is 3.90. The van der Waals surface area contributed by atoms with Crippen LogP contribution in [0, 0.1) is 5.82 Å². The van der Waals surface area contributed by atoms with Gasteiger partial charge in [0.05, 0.1) is 10.6 Å². The van der Waals surface area contributed by atoms with E-state index in [1.165, 1.54) is 42.5 Å². The Morgan fingerprint density at radius 1 is 0.968 bits per heavy atom. The number of benzene rings is 3. The molecule has 0 spiro atoms. The molecule has 3 aromatic rings. The van der Waals surface area contributed by atoms with E-state index in [1.807, 2.05) is 38.1 Å².